The van der Waals surface area contributed by atoms with E-state index in [2.05, 4.69) is 28.9 Å². The first-order valence-electron chi connectivity index (χ1n) is 13.9. The zero-order valence-corrected chi connectivity index (χ0v) is 25.0. The van der Waals surface area contributed by atoms with E-state index in [4.69, 9.17) is 38.4 Å². The van der Waals surface area contributed by atoms with E-state index < -0.39 is 6.10 Å². The molecule has 41 heavy (non-hydrogen) atoms. The van der Waals surface area contributed by atoms with Crippen molar-refractivity contribution in [3.63, 3.8) is 0 Å². The standard InChI is InChI=1S/C33H38Cl2N2O4/c1-2-41-33(39)27-16-14-25(15-17-27)13-10-20-40-19-9-4-3-8-18-37(23-26-11-6-5-7-12-26)24-31(38)28-21-29(34)32(36)30(35)22-28/h5-7,11-12,14-17,21-22,31,38H,2-4,8-9,18-20,23-24,36H2,1H3. The molecular formula is C33H38Cl2N2O4. The van der Waals surface area contributed by atoms with Crippen LogP contribution >= 0.6 is 23.2 Å². The molecule has 0 saturated heterocycles. The van der Waals surface area contributed by atoms with E-state index >= 15 is 0 Å². The number of nitrogens with zero attached hydrogens (tertiary/aromatic N) is 1. The van der Waals surface area contributed by atoms with Gasteiger partial charge in [0.15, 0.2) is 0 Å². The summed E-state index contributed by atoms with van der Waals surface area (Å²) < 4.78 is 10.7. The highest BCUT2D eigenvalue weighted by molar-refractivity contribution is 6.38. The first-order chi connectivity index (χ1) is 19.9. The van der Waals surface area contributed by atoms with Crippen molar-refractivity contribution in [3.8, 4) is 11.8 Å². The Morgan fingerprint density at radius 2 is 1.68 bits per heavy atom. The maximum atomic E-state index is 11.7. The average Bonchev–Trinajstić information content (AvgIpc) is 2.97. The Hall–Kier alpha value is -3.05. The van der Waals surface area contributed by atoms with Gasteiger partial charge in [-0.3, -0.25) is 4.90 Å². The monoisotopic (exact) mass is 596 g/mol. The van der Waals surface area contributed by atoms with Gasteiger partial charge in [-0.25, -0.2) is 4.79 Å². The second-order valence-corrected chi connectivity index (χ2v) is 10.5. The number of esters is 1. The zero-order chi connectivity index (χ0) is 29.5. The fourth-order valence-electron chi connectivity index (χ4n) is 4.28. The van der Waals surface area contributed by atoms with E-state index in [9.17, 15) is 9.90 Å². The fourth-order valence-corrected chi connectivity index (χ4v) is 4.79. The van der Waals surface area contributed by atoms with E-state index in [0.717, 1.165) is 44.3 Å². The van der Waals surface area contributed by atoms with Gasteiger partial charge in [0.25, 0.3) is 0 Å². The molecule has 218 valence electrons. The van der Waals surface area contributed by atoms with E-state index in [1.54, 1.807) is 43.3 Å². The smallest absolute Gasteiger partial charge is 0.338 e. The minimum atomic E-state index is -0.737. The fraction of sp³-hybridized carbons (Fsp3) is 0.364. The van der Waals surface area contributed by atoms with Gasteiger partial charge in [-0.1, -0.05) is 78.2 Å². The van der Waals surface area contributed by atoms with Gasteiger partial charge in [-0.15, -0.1) is 0 Å². The molecule has 1 unspecified atom stereocenters. The second kappa shape index (κ2) is 17.7. The summed E-state index contributed by atoms with van der Waals surface area (Å²) >= 11 is 12.4. The summed E-state index contributed by atoms with van der Waals surface area (Å²) in [6.07, 6.45) is 3.33. The number of hydrogen-bond donors (Lipinski definition) is 2. The summed E-state index contributed by atoms with van der Waals surface area (Å²) in [6, 6.07) is 20.6. The summed E-state index contributed by atoms with van der Waals surface area (Å²) in [4.78, 5) is 14.0. The molecule has 0 amide bonds. The van der Waals surface area contributed by atoms with Crippen molar-refractivity contribution in [3.05, 3.63) is 99.0 Å². The van der Waals surface area contributed by atoms with Crippen molar-refractivity contribution in [1.29, 1.82) is 0 Å². The lowest BCUT2D eigenvalue weighted by Gasteiger charge is -2.26. The Morgan fingerprint density at radius 1 is 1.00 bits per heavy atom. The number of aliphatic hydroxyl groups excluding tert-OH is 1. The van der Waals surface area contributed by atoms with E-state index in [1.807, 2.05) is 18.2 Å². The van der Waals surface area contributed by atoms with Gasteiger partial charge in [-0.2, -0.15) is 0 Å². The molecule has 0 spiro atoms. The molecule has 0 bridgehead atoms. The Labute approximate surface area is 253 Å². The Bertz CT molecular complexity index is 1270. The van der Waals surface area contributed by atoms with Crippen molar-refractivity contribution >= 4 is 34.9 Å². The third-order valence-electron chi connectivity index (χ3n) is 6.48. The van der Waals surface area contributed by atoms with Crippen LogP contribution in [0.4, 0.5) is 5.69 Å². The molecule has 6 nitrogen and oxygen atoms in total. The number of nitrogen functional groups attached to an aromatic ring is 1. The van der Waals surface area contributed by atoms with Gasteiger partial charge in [0.2, 0.25) is 0 Å². The van der Waals surface area contributed by atoms with E-state index in [-0.39, 0.29) is 5.97 Å². The molecule has 8 heteroatoms. The van der Waals surface area contributed by atoms with Crippen LogP contribution in [0.5, 0.6) is 0 Å². The third-order valence-corrected chi connectivity index (χ3v) is 7.11. The number of nitrogens with two attached hydrogens (primary N) is 1. The molecule has 1 atom stereocenters. The summed E-state index contributed by atoms with van der Waals surface area (Å²) in [5.74, 6) is 5.74. The van der Waals surface area contributed by atoms with Crippen molar-refractivity contribution in [1.82, 2.24) is 4.90 Å². The number of ether oxygens (including phenoxy) is 2. The second-order valence-electron chi connectivity index (χ2n) is 9.70. The number of benzene rings is 3. The first kappa shape index (κ1) is 32.5. The number of carbonyl (C=O) groups is 1. The van der Waals surface area contributed by atoms with Gasteiger partial charge >= 0.3 is 5.97 Å². The summed E-state index contributed by atoms with van der Waals surface area (Å²) in [6.45, 7) is 5.20. The number of anilines is 1. The molecular weight excluding hydrogens is 559 g/mol. The predicted molar refractivity (Wildman–Crippen MR) is 166 cm³/mol. The normalized spacial score (nSPS) is 11.6. The van der Waals surface area contributed by atoms with Crippen LogP contribution in [0.2, 0.25) is 10.0 Å². The van der Waals surface area contributed by atoms with Crippen LogP contribution in [-0.4, -0.2) is 48.9 Å². The molecule has 0 radical (unpaired) electrons. The number of aliphatic hydroxyl groups is 1. The van der Waals surface area contributed by atoms with Crippen LogP contribution in [0.15, 0.2) is 66.7 Å². The largest absolute Gasteiger partial charge is 0.462 e. The number of carbonyl (C=O) groups excluding carboxylic acids is 1. The summed E-state index contributed by atoms with van der Waals surface area (Å²) in [5.41, 5.74) is 9.37. The van der Waals surface area contributed by atoms with Crippen LogP contribution < -0.4 is 5.73 Å². The van der Waals surface area contributed by atoms with Crippen molar-refractivity contribution < 1.29 is 19.4 Å². The highest BCUT2D eigenvalue weighted by Crippen LogP contribution is 2.31. The number of hydrogen-bond acceptors (Lipinski definition) is 6. The molecule has 3 rings (SSSR count). The highest BCUT2D eigenvalue weighted by Gasteiger charge is 2.17. The summed E-state index contributed by atoms with van der Waals surface area (Å²) in [7, 11) is 0. The van der Waals surface area contributed by atoms with Gasteiger partial charge < -0.3 is 20.3 Å². The highest BCUT2D eigenvalue weighted by atomic mass is 35.5. The van der Waals surface area contributed by atoms with Crippen molar-refractivity contribution in [2.75, 3.05) is 38.6 Å². The lowest BCUT2D eigenvalue weighted by molar-refractivity contribution is 0.0526. The summed E-state index contributed by atoms with van der Waals surface area (Å²) in [5, 5.41) is 11.6. The maximum absolute atomic E-state index is 11.7. The topological polar surface area (TPSA) is 85.0 Å². The molecule has 0 aliphatic heterocycles. The van der Waals surface area contributed by atoms with Crippen LogP contribution in [0.25, 0.3) is 0 Å². The minimum absolute atomic E-state index is 0.323. The predicted octanol–water partition coefficient (Wildman–Crippen LogP) is 6.92. The molecule has 0 aliphatic carbocycles. The van der Waals surface area contributed by atoms with Gasteiger partial charge in [0, 0.05) is 25.3 Å². The average molecular weight is 598 g/mol. The first-order valence-corrected chi connectivity index (χ1v) is 14.7. The molecule has 0 aliphatic rings. The maximum Gasteiger partial charge on any atom is 0.338 e. The molecule has 3 aromatic rings. The van der Waals surface area contributed by atoms with Crippen molar-refractivity contribution in [2.45, 2.75) is 45.3 Å². The van der Waals surface area contributed by atoms with Gasteiger partial charge in [-0.05, 0) is 73.8 Å². The number of rotatable bonds is 15. The van der Waals surface area contributed by atoms with Gasteiger partial charge in [0.1, 0.15) is 6.61 Å². The van der Waals surface area contributed by atoms with Crippen LogP contribution in [0.3, 0.4) is 0 Å². The van der Waals surface area contributed by atoms with E-state index in [1.165, 1.54) is 5.56 Å². The van der Waals surface area contributed by atoms with Crippen LogP contribution in [-0.2, 0) is 16.0 Å². The van der Waals surface area contributed by atoms with Gasteiger partial charge in [0.05, 0.1) is 34.0 Å². The van der Waals surface area contributed by atoms with Crippen LogP contribution in [0, 0.1) is 11.8 Å². The lowest BCUT2D eigenvalue weighted by Crippen LogP contribution is -2.29. The molecule has 3 aromatic carbocycles. The Morgan fingerprint density at radius 3 is 2.37 bits per heavy atom. The van der Waals surface area contributed by atoms with Crippen molar-refractivity contribution in [2.24, 2.45) is 0 Å². The molecule has 0 fully saturated rings. The Kier molecular flexibility index (Phi) is 14.0. The lowest BCUT2D eigenvalue weighted by atomic mass is 10.1. The third kappa shape index (κ3) is 11.4. The Balaban J connectivity index is 1.38. The quantitative estimate of drug-likeness (QED) is 0.0857. The molecule has 3 N–H and O–H groups in total. The van der Waals surface area contributed by atoms with Crippen LogP contribution in [0.1, 0.15) is 65.8 Å². The SMILES string of the molecule is CCOC(=O)c1ccc(C#CCOCCCCCCN(Cc2ccccc2)CC(O)c2cc(Cl)c(N)c(Cl)c2)cc1. The molecule has 0 heterocycles. The number of halogens is 2. The van der Waals surface area contributed by atoms with E-state index in [0.29, 0.717) is 53.2 Å². The molecule has 0 saturated carbocycles. The molecule has 0 aromatic heterocycles. The number of unbranched alkanes of at least 4 members (excludes halogenated alkanes) is 3. The minimum Gasteiger partial charge on any atom is -0.462 e. The zero-order valence-electron chi connectivity index (χ0n) is 23.5.